The van der Waals surface area contributed by atoms with Crippen molar-refractivity contribution >= 4 is 11.9 Å². The van der Waals surface area contributed by atoms with Gasteiger partial charge < -0.3 is 14.9 Å². The highest BCUT2D eigenvalue weighted by Gasteiger charge is 2.11. The van der Waals surface area contributed by atoms with Crippen LogP contribution >= 0.6 is 0 Å². The molecule has 0 aliphatic heterocycles. The van der Waals surface area contributed by atoms with Crippen LogP contribution in [0.5, 0.6) is 5.75 Å². The molecule has 3 aromatic carbocycles. The van der Waals surface area contributed by atoms with Gasteiger partial charge in [-0.3, -0.25) is 4.99 Å². The Morgan fingerprint density at radius 3 is 2.12 bits per heavy atom. The molecule has 4 nitrogen and oxygen atoms in total. The van der Waals surface area contributed by atoms with Gasteiger partial charge in [-0.05, 0) is 53.8 Å². The fourth-order valence-corrected chi connectivity index (χ4v) is 3.39. The first-order valence-electron chi connectivity index (χ1n) is 10.9. The monoisotopic (exact) mass is 427 g/mol. The van der Waals surface area contributed by atoms with Crippen molar-refractivity contribution in [3.05, 3.63) is 94.0 Å². The van der Waals surface area contributed by atoms with E-state index in [2.05, 4.69) is 30.0 Å². The highest BCUT2D eigenvalue weighted by molar-refractivity contribution is 5.81. The first kappa shape index (κ1) is 23.3. The summed E-state index contributed by atoms with van der Waals surface area (Å²) in [5.41, 5.74) is 5.97. The SMILES string of the molecule is C#Cc1cc(CO)c(OCc2ccc(C=Nc3ccc(CCCC)cc3)cc2)c(CO)c1. The van der Waals surface area contributed by atoms with Crippen molar-refractivity contribution in [3.8, 4) is 18.1 Å². The first-order chi connectivity index (χ1) is 15.7. The van der Waals surface area contributed by atoms with Crippen molar-refractivity contribution in [3.63, 3.8) is 0 Å². The van der Waals surface area contributed by atoms with Crippen molar-refractivity contribution in [2.75, 3.05) is 0 Å². The minimum Gasteiger partial charge on any atom is -0.488 e. The lowest BCUT2D eigenvalue weighted by atomic mass is 10.0. The van der Waals surface area contributed by atoms with E-state index in [0.29, 0.717) is 29.0 Å². The van der Waals surface area contributed by atoms with Gasteiger partial charge in [-0.15, -0.1) is 6.42 Å². The van der Waals surface area contributed by atoms with Crippen LogP contribution in [-0.2, 0) is 26.2 Å². The van der Waals surface area contributed by atoms with Crippen molar-refractivity contribution < 1.29 is 14.9 Å². The molecule has 0 aliphatic carbocycles. The molecule has 3 rings (SSSR count). The Labute approximate surface area is 190 Å². The molecule has 0 bridgehead atoms. The lowest BCUT2D eigenvalue weighted by molar-refractivity contribution is 0.242. The summed E-state index contributed by atoms with van der Waals surface area (Å²) in [6.45, 7) is 2.08. The molecule has 0 saturated carbocycles. The molecule has 0 atom stereocenters. The number of ether oxygens (including phenoxy) is 1. The Kier molecular flexibility index (Phi) is 8.62. The minimum atomic E-state index is -0.215. The quantitative estimate of drug-likeness (QED) is 0.340. The Balaban J connectivity index is 1.63. The third-order valence-corrected chi connectivity index (χ3v) is 5.23. The number of rotatable bonds is 10. The number of hydrogen-bond acceptors (Lipinski definition) is 4. The van der Waals surface area contributed by atoms with Gasteiger partial charge in [0.2, 0.25) is 0 Å². The number of aliphatic hydroxyl groups excluding tert-OH is 2. The topological polar surface area (TPSA) is 62.0 Å². The summed E-state index contributed by atoms with van der Waals surface area (Å²) in [5, 5.41) is 19.3. The largest absolute Gasteiger partial charge is 0.488 e. The van der Waals surface area contributed by atoms with Crippen LogP contribution in [0.25, 0.3) is 0 Å². The van der Waals surface area contributed by atoms with E-state index in [0.717, 1.165) is 23.2 Å². The third-order valence-electron chi connectivity index (χ3n) is 5.23. The highest BCUT2D eigenvalue weighted by atomic mass is 16.5. The van der Waals surface area contributed by atoms with Crippen molar-refractivity contribution in [2.24, 2.45) is 4.99 Å². The molecule has 4 heteroatoms. The molecular weight excluding hydrogens is 398 g/mol. The van der Waals surface area contributed by atoms with E-state index in [1.165, 1.54) is 18.4 Å². The van der Waals surface area contributed by atoms with Gasteiger partial charge in [0.05, 0.1) is 18.9 Å². The van der Waals surface area contributed by atoms with Crippen molar-refractivity contribution in [1.29, 1.82) is 0 Å². The van der Waals surface area contributed by atoms with Crippen LogP contribution in [0.15, 0.2) is 65.7 Å². The number of benzene rings is 3. The maximum absolute atomic E-state index is 9.65. The fraction of sp³-hybridized carbons (Fsp3) is 0.250. The molecule has 0 spiro atoms. The highest BCUT2D eigenvalue weighted by Crippen LogP contribution is 2.27. The number of hydrogen-bond donors (Lipinski definition) is 2. The zero-order valence-electron chi connectivity index (χ0n) is 18.4. The van der Waals surface area contributed by atoms with Crippen LogP contribution in [0.4, 0.5) is 5.69 Å². The lowest BCUT2D eigenvalue weighted by Gasteiger charge is -2.15. The molecule has 0 aromatic heterocycles. The van der Waals surface area contributed by atoms with Gasteiger partial charge in [0, 0.05) is 22.9 Å². The van der Waals surface area contributed by atoms with Gasteiger partial charge in [-0.2, -0.15) is 0 Å². The number of aryl methyl sites for hydroxylation is 1. The molecule has 32 heavy (non-hydrogen) atoms. The molecule has 0 fully saturated rings. The van der Waals surface area contributed by atoms with Crippen molar-refractivity contribution in [1.82, 2.24) is 0 Å². The summed E-state index contributed by atoms with van der Waals surface area (Å²) in [7, 11) is 0. The molecular formula is C28H29NO3. The summed E-state index contributed by atoms with van der Waals surface area (Å²) >= 11 is 0. The Bertz CT molecular complexity index is 1050. The van der Waals surface area contributed by atoms with Gasteiger partial charge >= 0.3 is 0 Å². The second-order valence-corrected chi connectivity index (χ2v) is 7.64. The van der Waals surface area contributed by atoms with E-state index in [1.54, 1.807) is 12.1 Å². The van der Waals surface area contributed by atoms with Crippen LogP contribution in [0.2, 0.25) is 0 Å². The smallest absolute Gasteiger partial charge is 0.130 e. The number of aliphatic hydroxyl groups is 2. The standard InChI is InChI=1S/C28H29NO3/c1-3-5-6-22-11-13-27(14-12-22)29-17-23-7-9-24(10-8-23)20-32-28-25(18-30)15-21(4-2)16-26(28)19-31/h2,7-17,30-31H,3,5-6,18-20H2,1H3. The average molecular weight is 428 g/mol. The molecule has 0 aliphatic rings. The second-order valence-electron chi connectivity index (χ2n) is 7.64. The van der Waals surface area contributed by atoms with Crippen LogP contribution < -0.4 is 4.74 Å². The zero-order chi connectivity index (χ0) is 22.8. The third kappa shape index (κ3) is 6.31. The Morgan fingerprint density at radius 2 is 1.56 bits per heavy atom. The van der Waals surface area contributed by atoms with E-state index in [-0.39, 0.29) is 13.2 Å². The summed E-state index contributed by atoms with van der Waals surface area (Å²) in [6.07, 6.45) is 10.8. The number of nitrogens with zero attached hydrogens (tertiary/aromatic N) is 1. The van der Waals surface area contributed by atoms with Crippen LogP contribution in [0.1, 0.15) is 53.1 Å². The minimum absolute atomic E-state index is 0.215. The molecule has 0 heterocycles. The van der Waals surface area contributed by atoms with Crippen LogP contribution in [0.3, 0.4) is 0 Å². The molecule has 3 aromatic rings. The van der Waals surface area contributed by atoms with Gasteiger partial charge in [0.1, 0.15) is 12.4 Å². The molecule has 0 radical (unpaired) electrons. The second kappa shape index (κ2) is 11.9. The molecule has 2 N–H and O–H groups in total. The zero-order valence-corrected chi connectivity index (χ0v) is 18.4. The van der Waals surface area contributed by atoms with Gasteiger partial charge in [0.15, 0.2) is 0 Å². The number of aliphatic imine (C=N–C) groups is 1. The summed E-state index contributed by atoms with van der Waals surface area (Å²) in [5.74, 6) is 3.00. The maximum atomic E-state index is 9.65. The van der Waals surface area contributed by atoms with Gasteiger partial charge in [-0.25, -0.2) is 0 Å². The predicted octanol–water partition coefficient (Wildman–Crippen LogP) is 5.32. The maximum Gasteiger partial charge on any atom is 0.130 e. The normalized spacial score (nSPS) is 10.9. The summed E-state index contributed by atoms with van der Waals surface area (Å²) in [4.78, 5) is 4.55. The van der Waals surface area contributed by atoms with E-state index < -0.39 is 0 Å². The van der Waals surface area contributed by atoms with E-state index in [9.17, 15) is 10.2 Å². The predicted molar refractivity (Wildman–Crippen MR) is 129 cm³/mol. The number of unbranched alkanes of at least 4 members (excludes halogenated alkanes) is 1. The van der Waals surface area contributed by atoms with Gasteiger partial charge in [0.25, 0.3) is 0 Å². The van der Waals surface area contributed by atoms with E-state index in [1.807, 2.05) is 42.6 Å². The Hall–Kier alpha value is -3.39. The van der Waals surface area contributed by atoms with Crippen molar-refractivity contribution in [2.45, 2.75) is 46.0 Å². The average Bonchev–Trinajstić information content (AvgIpc) is 2.85. The molecule has 0 saturated heterocycles. The first-order valence-corrected chi connectivity index (χ1v) is 10.9. The van der Waals surface area contributed by atoms with E-state index in [4.69, 9.17) is 11.2 Å². The lowest BCUT2D eigenvalue weighted by Crippen LogP contribution is -2.03. The molecule has 0 unspecified atom stereocenters. The van der Waals surface area contributed by atoms with E-state index >= 15 is 0 Å². The van der Waals surface area contributed by atoms with Gasteiger partial charge in [-0.1, -0.05) is 55.7 Å². The Morgan fingerprint density at radius 1 is 0.938 bits per heavy atom. The molecule has 164 valence electrons. The number of terminal acetylenes is 1. The molecule has 0 amide bonds. The summed E-state index contributed by atoms with van der Waals surface area (Å²) in [6, 6.07) is 19.7. The van der Waals surface area contributed by atoms with Crippen LogP contribution in [-0.4, -0.2) is 16.4 Å². The fourth-order valence-electron chi connectivity index (χ4n) is 3.39. The summed E-state index contributed by atoms with van der Waals surface area (Å²) < 4.78 is 5.92. The van der Waals surface area contributed by atoms with Crippen LogP contribution in [0, 0.1) is 12.3 Å².